The van der Waals surface area contributed by atoms with Gasteiger partial charge in [-0.3, -0.25) is 9.59 Å². The maximum atomic E-state index is 12.4. The highest BCUT2D eigenvalue weighted by Gasteiger charge is 2.57. The molecule has 1 heterocycles. The monoisotopic (exact) mass is 357 g/mol. The summed E-state index contributed by atoms with van der Waals surface area (Å²) in [5.41, 5.74) is 13.6. The third kappa shape index (κ3) is 2.74. The second kappa shape index (κ2) is 6.59. The van der Waals surface area contributed by atoms with Gasteiger partial charge in [-0.15, -0.1) is 0 Å². The van der Waals surface area contributed by atoms with Crippen LogP contribution in [0.5, 0.6) is 0 Å². The standard InChI is InChI=1S/C19H23N3O2S/c1-11-14(12-7-3-2-4-8-12)19(15(17(21)24)18(25)22-11)10-6-5-9-13(19)16(20)23/h2-4,7-8,13,15H,5-6,9-10H2,1H3,(H2,20,23)(H2,21,24)(H,22,25). The summed E-state index contributed by atoms with van der Waals surface area (Å²) in [6, 6.07) is 9.79. The van der Waals surface area contributed by atoms with Crippen molar-refractivity contribution >= 4 is 34.6 Å². The molecule has 0 saturated heterocycles. The zero-order valence-electron chi connectivity index (χ0n) is 14.2. The topological polar surface area (TPSA) is 98.2 Å². The van der Waals surface area contributed by atoms with Crippen molar-refractivity contribution in [2.24, 2.45) is 28.7 Å². The Labute approximate surface area is 152 Å². The minimum atomic E-state index is -0.774. The van der Waals surface area contributed by atoms with E-state index in [1.165, 1.54) is 0 Å². The Hall–Kier alpha value is -2.21. The molecule has 1 fully saturated rings. The molecule has 1 spiro atoms. The number of allylic oxidation sites excluding steroid dienone is 2. The molecule has 0 radical (unpaired) electrons. The van der Waals surface area contributed by atoms with Crippen LogP contribution in [0.1, 0.15) is 38.2 Å². The van der Waals surface area contributed by atoms with Crippen molar-refractivity contribution < 1.29 is 9.59 Å². The normalized spacial score (nSPS) is 29.4. The lowest BCUT2D eigenvalue weighted by Gasteiger charge is -2.51. The Morgan fingerprint density at radius 1 is 1.16 bits per heavy atom. The molecular weight excluding hydrogens is 334 g/mol. The lowest BCUT2D eigenvalue weighted by molar-refractivity contribution is -0.130. The van der Waals surface area contributed by atoms with Crippen molar-refractivity contribution in [1.82, 2.24) is 5.32 Å². The second-order valence-corrected chi connectivity index (χ2v) is 7.37. The van der Waals surface area contributed by atoms with Crippen LogP contribution in [-0.2, 0) is 9.59 Å². The lowest BCUT2D eigenvalue weighted by Crippen LogP contribution is -2.58. The summed E-state index contributed by atoms with van der Waals surface area (Å²) < 4.78 is 0. The van der Waals surface area contributed by atoms with E-state index >= 15 is 0 Å². The molecular formula is C19H23N3O2S. The van der Waals surface area contributed by atoms with Gasteiger partial charge in [0.05, 0.1) is 10.9 Å². The zero-order chi connectivity index (χ0) is 18.2. The zero-order valence-corrected chi connectivity index (χ0v) is 15.1. The molecule has 3 unspecified atom stereocenters. The van der Waals surface area contributed by atoms with E-state index in [-0.39, 0.29) is 0 Å². The van der Waals surface area contributed by atoms with Gasteiger partial charge in [-0.1, -0.05) is 55.4 Å². The predicted molar refractivity (Wildman–Crippen MR) is 101 cm³/mol. The van der Waals surface area contributed by atoms with E-state index in [1.807, 2.05) is 37.3 Å². The summed E-state index contributed by atoms with van der Waals surface area (Å²) in [5.74, 6) is -2.10. The lowest BCUT2D eigenvalue weighted by atomic mass is 9.53. The fourth-order valence-corrected chi connectivity index (χ4v) is 5.24. The number of carbonyl (C=O) groups is 2. The summed E-state index contributed by atoms with van der Waals surface area (Å²) in [7, 11) is 0. The number of amides is 2. The maximum Gasteiger partial charge on any atom is 0.228 e. The highest BCUT2D eigenvalue weighted by Crippen LogP contribution is 2.57. The largest absolute Gasteiger partial charge is 0.369 e. The van der Waals surface area contributed by atoms with Crippen molar-refractivity contribution in [3.63, 3.8) is 0 Å². The van der Waals surface area contributed by atoms with Gasteiger partial charge in [0.15, 0.2) is 0 Å². The number of nitrogens with one attached hydrogen (secondary N) is 1. The van der Waals surface area contributed by atoms with Gasteiger partial charge in [-0.25, -0.2) is 0 Å². The van der Waals surface area contributed by atoms with E-state index in [1.54, 1.807) is 0 Å². The Balaban J connectivity index is 2.32. The van der Waals surface area contributed by atoms with Crippen molar-refractivity contribution in [2.75, 3.05) is 0 Å². The molecule has 132 valence electrons. The highest BCUT2D eigenvalue weighted by atomic mass is 32.1. The van der Waals surface area contributed by atoms with Crippen LogP contribution in [0.15, 0.2) is 36.0 Å². The van der Waals surface area contributed by atoms with E-state index in [9.17, 15) is 9.59 Å². The summed E-state index contributed by atoms with van der Waals surface area (Å²) in [4.78, 5) is 25.2. The summed E-state index contributed by atoms with van der Waals surface area (Å²) in [6.45, 7) is 1.93. The number of benzene rings is 1. The van der Waals surface area contributed by atoms with Crippen LogP contribution >= 0.6 is 12.2 Å². The molecule has 25 heavy (non-hydrogen) atoms. The van der Waals surface area contributed by atoms with Gasteiger partial charge < -0.3 is 16.8 Å². The Kier molecular flexibility index (Phi) is 4.64. The minimum Gasteiger partial charge on any atom is -0.369 e. The third-order valence-electron chi connectivity index (χ3n) is 5.57. The first-order chi connectivity index (χ1) is 11.9. The van der Waals surface area contributed by atoms with Crippen LogP contribution in [0.25, 0.3) is 5.57 Å². The first kappa shape index (κ1) is 17.6. The molecule has 1 aliphatic heterocycles. The van der Waals surface area contributed by atoms with E-state index < -0.39 is 29.1 Å². The van der Waals surface area contributed by atoms with Crippen LogP contribution in [0.3, 0.4) is 0 Å². The fourth-order valence-electron chi connectivity index (χ4n) is 4.76. The van der Waals surface area contributed by atoms with Gasteiger partial charge in [-0.2, -0.15) is 0 Å². The quantitative estimate of drug-likeness (QED) is 0.722. The van der Waals surface area contributed by atoms with Gasteiger partial charge in [-0.05, 0) is 30.9 Å². The van der Waals surface area contributed by atoms with Crippen molar-refractivity contribution in [2.45, 2.75) is 32.6 Å². The Morgan fingerprint density at radius 2 is 1.84 bits per heavy atom. The number of hydrogen-bond donors (Lipinski definition) is 3. The van der Waals surface area contributed by atoms with E-state index in [0.717, 1.165) is 29.7 Å². The maximum absolute atomic E-state index is 12.4. The number of carbonyl (C=O) groups excluding carboxylic acids is 2. The first-order valence-electron chi connectivity index (χ1n) is 8.56. The summed E-state index contributed by atoms with van der Waals surface area (Å²) in [6.07, 6.45) is 3.12. The van der Waals surface area contributed by atoms with Gasteiger partial charge >= 0.3 is 0 Å². The van der Waals surface area contributed by atoms with Gasteiger partial charge in [0.1, 0.15) is 0 Å². The Morgan fingerprint density at radius 3 is 2.44 bits per heavy atom. The van der Waals surface area contributed by atoms with Gasteiger partial charge in [0.2, 0.25) is 11.8 Å². The molecule has 3 rings (SSSR count). The summed E-state index contributed by atoms with van der Waals surface area (Å²) in [5, 5.41) is 3.15. The fraction of sp³-hybridized carbons (Fsp3) is 0.421. The molecule has 5 N–H and O–H groups in total. The molecule has 5 nitrogen and oxygen atoms in total. The number of hydrogen-bond acceptors (Lipinski definition) is 3. The molecule has 0 bridgehead atoms. The molecule has 1 aromatic carbocycles. The van der Waals surface area contributed by atoms with Crippen molar-refractivity contribution in [3.05, 3.63) is 41.6 Å². The average Bonchev–Trinajstić information content (AvgIpc) is 2.55. The smallest absolute Gasteiger partial charge is 0.228 e. The predicted octanol–water partition coefficient (Wildman–Crippen LogP) is 2.11. The molecule has 1 aromatic rings. The van der Waals surface area contributed by atoms with Crippen molar-refractivity contribution in [3.8, 4) is 0 Å². The van der Waals surface area contributed by atoms with E-state index in [0.29, 0.717) is 17.8 Å². The third-order valence-corrected chi connectivity index (χ3v) is 5.91. The molecule has 2 aliphatic rings. The van der Waals surface area contributed by atoms with Crippen LogP contribution in [0, 0.1) is 17.3 Å². The number of nitrogens with two attached hydrogens (primary N) is 2. The van der Waals surface area contributed by atoms with Crippen LogP contribution < -0.4 is 16.8 Å². The first-order valence-corrected chi connectivity index (χ1v) is 8.96. The molecule has 2 amide bonds. The number of rotatable bonds is 3. The highest BCUT2D eigenvalue weighted by molar-refractivity contribution is 7.80. The van der Waals surface area contributed by atoms with Crippen LogP contribution in [-0.4, -0.2) is 16.8 Å². The number of thiocarbonyl (C=S) groups is 1. The van der Waals surface area contributed by atoms with Gasteiger partial charge in [0, 0.05) is 17.0 Å². The molecule has 1 aliphatic carbocycles. The molecule has 0 aromatic heterocycles. The van der Waals surface area contributed by atoms with E-state index in [4.69, 9.17) is 23.7 Å². The minimum absolute atomic E-state index is 0.387. The van der Waals surface area contributed by atoms with Crippen LogP contribution in [0.2, 0.25) is 0 Å². The van der Waals surface area contributed by atoms with Crippen LogP contribution in [0.4, 0.5) is 0 Å². The second-order valence-electron chi connectivity index (χ2n) is 6.93. The number of primary amides is 2. The Bertz CT molecular complexity index is 759. The molecule has 6 heteroatoms. The van der Waals surface area contributed by atoms with Gasteiger partial charge in [0.25, 0.3) is 0 Å². The SMILES string of the molecule is CC1=C(c2ccccc2)C2(CCCCC2C(N)=O)C(C(N)=O)C(=S)N1. The summed E-state index contributed by atoms with van der Waals surface area (Å²) >= 11 is 5.48. The van der Waals surface area contributed by atoms with Crippen molar-refractivity contribution in [1.29, 1.82) is 0 Å². The molecule has 1 saturated carbocycles. The molecule has 3 atom stereocenters. The van der Waals surface area contributed by atoms with E-state index in [2.05, 4.69) is 5.32 Å². The average molecular weight is 357 g/mol.